The van der Waals surface area contributed by atoms with E-state index in [9.17, 15) is 0 Å². The molecule has 1 saturated heterocycles. The summed E-state index contributed by atoms with van der Waals surface area (Å²) < 4.78 is 27.7. The third-order valence-electron chi connectivity index (χ3n) is 4.80. The SMILES string of the molecule is CC1(C)OB(C(F)=C2CNCc3c(Br)cccc32)OC1(C)C. The van der Waals surface area contributed by atoms with E-state index in [-0.39, 0.29) is 5.73 Å². The van der Waals surface area contributed by atoms with Crippen molar-refractivity contribution in [2.45, 2.75) is 45.4 Å². The van der Waals surface area contributed by atoms with Crippen LogP contribution in [0.5, 0.6) is 0 Å². The second-order valence-electron chi connectivity index (χ2n) is 6.78. The van der Waals surface area contributed by atoms with E-state index < -0.39 is 18.3 Å². The van der Waals surface area contributed by atoms with Gasteiger partial charge in [-0.3, -0.25) is 0 Å². The molecule has 0 aliphatic carbocycles. The molecule has 1 N–H and O–H groups in total. The molecule has 3 rings (SSSR count). The molecule has 0 unspecified atom stereocenters. The van der Waals surface area contributed by atoms with E-state index in [0.717, 1.165) is 22.1 Å². The van der Waals surface area contributed by atoms with Crippen molar-refractivity contribution in [1.29, 1.82) is 0 Å². The number of hydrogen-bond donors (Lipinski definition) is 1. The van der Waals surface area contributed by atoms with Gasteiger partial charge in [-0.05, 0) is 44.9 Å². The van der Waals surface area contributed by atoms with Crippen LogP contribution < -0.4 is 5.32 Å². The maximum Gasteiger partial charge on any atom is 0.525 e. The summed E-state index contributed by atoms with van der Waals surface area (Å²) in [4.78, 5) is 0. The molecule has 0 spiro atoms. The Kier molecular flexibility index (Phi) is 4.00. The number of rotatable bonds is 1. The summed E-state index contributed by atoms with van der Waals surface area (Å²) in [5, 5.41) is 3.24. The van der Waals surface area contributed by atoms with E-state index in [1.165, 1.54) is 0 Å². The monoisotopic (exact) mass is 367 g/mol. The van der Waals surface area contributed by atoms with Crippen LogP contribution in [-0.2, 0) is 15.9 Å². The molecule has 2 aliphatic heterocycles. The Hall–Kier alpha value is -0.685. The van der Waals surface area contributed by atoms with Gasteiger partial charge in [0.05, 0.1) is 11.2 Å². The minimum Gasteiger partial charge on any atom is -0.398 e. The van der Waals surface area contributed by atoms with E-state index >= 15 is 4.39 Å². The third-order valence-corrected chi connectivity index (χ3v) is 5.54. The van der Waals surface area contributed by atoms with Crippen LogP contribution in [0.15, 0.2) is 28.4 Å². The second kappa shape index (κ2) is 5.44. The van der Waals surface area contributed by atoms with Gasteiger partial charge in [-0.2, -0.15) is 0 Å². The van der Waals surface area contributed by atoms with E-state index in [4.69, 9.17) is 9.31 Å². The molecule has 3 nitrogen and oxygen atoms in total. The first-order chi connectivity index (χ1) is 10.2. The standard InChI is InChI=1S/C16H20BBrFNO2/c1-15(2)16(3,4)22-17(21-15)14(19)12-9-20-8-11-10(12)6-5-7-13(11)18/h5-7,20H,8-9H2,1-4H3. The molecule has 1 aromatic carbocycles. The molecule has 1 aromatic rings. The van der Waals surface area contributed by atoms with Crippen LogP contribution in [0.1, 0.15) is 38.8 Å². The zero-order chi connectivity index (χ0) is 16.1. The van der Waals surface area contributed by atoms with Crippen LogP contribution in [0.25, 0.3) is 5.57 Å². The molecule has 0 atom stereocenters. The van der Waals surface area contributed by atoms with Crippen molar-refractivity contribution in [2.75, 3.05) is 6.54 Å². The van der Waals surface area contributed by atoms with Crippen molar-refractivity contribution in [2.24, 2.45) is 0 Å². The van der Waals surface area contributed by atoms with Crippen LogP contribution in [0, 0.1) is 0 Å². The largest absolute Gasteiger partial charge is 0.525 e. The number of hydrogen-bond acceptors (Lipinski definition) is 3. The molecule has 0 saturated carbocycles. The topological polar surface area (TPSA) is 30.5 Å². The maximum atomic E-state index is 15.1. The highest BCUT2D eigenvalue weighted by molar-refractivity contribution is 9.10. The lowest BCUT2D eigenvalue weighted by Crippen LogP contribution is -2.41. The quantitative estimate of drug-likeness (QED) is 0.764. The normalized spacial score (nSPS) is 25.1. The van der Waals surface area contributed by atoms with Gasteiger partial charge in [0.15, 0.2) is 0 Å². The van der Waals surface area contributed by atoms with Crippen LogP contribution >= 0.6 is 15.9 Å². The van der Waals surface area contributed by atoms with Gasteiger partial charge in [0.1, 0.15) is 5.73 Å². The molecule has 118 valence electrons. The first kappa shape index (κ1) is 16.2. The van der Waals surface area contributed by atoms with Gasteiger partial charge in [0.2, 0.25) is 0 Å². The van der Waals surface area contributed by atoms with Gasteiger partial charge < -0.3 is 14.6 Å². The first-order valence-corrected chi connectivity index (χ1v) is 8.25. The van der Waals surface area contributed by atoms with Crippen LogP contribution in [0.3, 0.4) is 0 Å². The summed E-state index contributed by atoms with van der Waals surface area (Å²) >= 11 is 3.53. The summed E-state index contributed by atoms with van der Waals surface area (Å²) in [6.07, 6.45) is 0. The summed E-state index contributed by atoms with van der Waals surface area (Å²) in [6, 6.07) is 5.84. The molecule has 0 radical (unpaired) electrons. The zero-order valence-corrected chi connectivity index (χ0v) is 14.9. The van der Waals surface area contributed by atoms with Gasteiger partial charge in [-0.25, -0.2) is 4.39 Å². The van der Waals surface area contributed by atoms with Gasteiger partial charge in [-0.1, -0.05) is 28.1 Å². The van der Waals surface area contributed by atoms with Crippen molar-refractivity contribution in [1.82, 2.24) is 5.32 Å². The van der Waals surface area contributed by atoms with Crippen LogP contribution in [0.2, 0.25) is 0 Å². The minimum absolute atomic E-state index is 0.342. The molecule has 6 heteroatoms. The number of fused-ring (bicyclic) bond motifs is 1. The molecular formula is C16H20BBrFNO2. The highest BCUT2D eigenvalue weighted by atomic mass is 79.9. The first-order valence-electron chi connectivity index (χ1n) is 7.45. The predicted octanol–water partition coefficient (Wildman–Crippen LogP) is 3.86. The highest BCUT2D eigenvalue weighted by Crippen LogP contribution is 2.41. The number of nitrogens with one attached hydrogen (secondary N) is 1. The Bertz CT molecular complexity index is 629. The van der Waals surface area contributed by atoms with E-state index in [0.29, 0.717) is 12.1 Å². The average molecular weight is 368 g/mol. The minimum atomic E-state index is -0.952. The summed E-state index contributed by atoms with van der Waals surface area (Å²) in [5.41, 5.74) is 1.16. The zero-order valence-electron chi connectivity index (χ0n) is 13.3. The fraction of sp³-hybridized carbons (Fsp3) is 0.500. The van der Waals surface area contributed by atoms with Gasteiger partial charge in [0, 0.05) is 23.1 Å². The van der Waals surface area contributed by atoms with E-state index in [1.54, 1.807) is 0 Å². The summed E-state index contributed by atoms with van der Waals surface area (Å²) in [5.74, 6) is 0. The Morgan fingerprint density at radius 1 is 1.18 bits per heavy atom. The fourth-order valence-electron chi connectivity index (χ4n) is 2.73. The lowest BCUT2D eigenvalue weighted by molar-refractivity contribution is 0.00578. The Morgan fingerprint density at radius 2 is 1.82 bits per heavy atom. The Morgan fingerprint density at radius 3 is 2.45 bits per heavy atom. The van der Waals surface area contributed by atoms with E-state index in [1.807, 2.05) is 45.9 Å². The van der Waals surface area contributed by atoms with Crippen molar-refractivity contribution in [3.8, 4) is 0 Å². The number of halogens is 2. The summed E-state index contributed by atoms with van der Waals surface area (Å²) in [6.45, 7) is 8.89. The van der Waals surface area contributed by atoms with Crippen LogP contribution in [-0.4, -0.2) is 24.9 Å². The highest BCUT2D eigenvalue weighted by Gasteiger charge is 2.53. The predicted molar refractivity (Wildman–Crippen MR) is 90.0 cm³/mol. The van der Waals surface area contributed by atoms with Crippen molar-refractivity contribution < 1.29 is 13.7 Å². The van der Waals surface area contributed by atoms with Gasteiger partial charge in [0.25, 0.3) is 0 Å². The maximum absolute atomic E-state index is 15.1. The molecule has 2 heterocycles. The lowest BCUT2D eigenvalue weighted by Gasteiger charge is -2.32. The second-order valence-corrected chi connectivity index (χ2v) is 7.64. The Balaban J connectivity index is 2.01. The lowest BCUT2D eigenvalue weighted by atomic mass is 9.81. The fourth-order valence-corrected chi connectivity index (χ4v) is 3.24. The molecular weight excluding hydrogens is 348 g/mol. The van der Waals surface area contributed by atoms with Crippen LogP contribution in [0.4, 0.5) is 4.39 Å². The molecule has 0 amide bonds. The molecule has 2 aliphatic rings. The number of benzene rings is 1. The third kappa shape index (κ3) is 2.56. The summed E-state index contributed by atoms with van der Waals surface area (Å²) in [7, 11) is -0.952. The van der Waals surface area contributed by atoms with Gasteiger partial charge in [-0.15, -0.1) is 0 Å². The molecule has 0 aromatic heterocycles. The Labute approximate surface area is 139 Å². The van der Waals surface area contributed by atoms with Crippen molar-refractivity contribution >= 4 is 28.6 Å². The molecule has 22 heavy (non-hydrogen) atoms. The molecule has 0 bridgehead atoms. The van der Waals surface area contributed by atoms with Crippen molar-refractivity contribution in [3.05, 3.63) is 39.5 Å². The average Bonchev–Trinajstić information content (AvgIpc) is 2.67. The van der Waals surface area contributed by atoms with Gasteiger partial charge >= 0.3 is 7.12 Å². The molecule has 1 fully saturated rings. The van der Waals surface area contributed by atoms with Crippen molar-refractivity contribution in [3.63, 3.8) is 0 Å². The van der Waals surface area contributed by atoms with E-state index in [2.05, 4.69) is 21.2 Å². The smallest absolute Gasteiger partial charge is 0.398 e.